The van der Waals surface area contributed by atoms with Gasteiger partial charge in [-0.15, -0.1) is 0 Å². The summed E-state index contributed by atoms with van der Waals surface area (Å²) in [5.41, 5.74) is -3.28. The van der Waals surface area contributed by atoms with Gasteiger partial charge in [-0.2, -0.15) is 13.2 Å². The van der Waals surface area contributed by atoms with Gasteiger partial charge in [-0.05, 0) is 32.6 Å². The number of carbonyl (C=O) groups excluding carboxylic acids is 1. The zero-order chi connectivity index (χ0) is 15.6. The van der Waals surface area contributed by atoms with E-state index in [-0.39, 0.29) is 6.04 Å². The molecule has 0 bridgehead atoms. The van der Waals surface area contributed by atoms with Crippen molar-refractivity contribution in [2.75, 3.05) is 6.54 Å². The number of urea groups is 1. The number of carboxylic acid groups (broad SMARTS) is 1. The Bertz CT molecular complexity index is 387. The fourth-order valence-corrected chi connectivity index (χ4v) is 2.22. The normalized spacial score (nSPS) is 23.1. The van der Waals surface area contributed by atoms with Crippen molar-refractivity contribution in [2.45, 2.75) is 57.3 Å². The smallest absolute Gasteiger partial charge is 0.422 e. The van der Waals surface area contributed by atoms with Crippen LogP contribution in [0.5, 0.6) is 0 Å². The van der Waals surface area contributed by atoms with Gasteiger partial charge in [0.05, 0.1) is 0 Å². The molecule has 0 saturated carbocycles. The first-order valence-electron chi connectivity index (χ1n) is 6.52. The summed E-state index contributed by atoms with van der Waals surface area (Å²) in [5, 5.41) is 10.4. The maximum Gasteiger partial charge on any atom is 0.422 e. The lowest BCUT2D eigenvalue weighted by Gasteiger charge is -2.38. The van der Waals surface area contributed by atoms with Crippen molar-refractivity contribution < 1.29 is 27.9 Å². The third-order valence-electron chi connectivity index (χ3n) is 3.71. The fraction of sp³-hybridized carbons (Fsp3) is 0.833. The van der Waals surface area contributed by atoms with Crippen molar-refractivity contribution in [1.29, 1.82) is 0 Å². The predicted molar refractivity (Wildman–Crippen MR) is 65.3 cm³/mol. The molecular formula is C12H19F3N2O3. The molecule has 2 amide bonds. The van der Waals surface area contributed by atoms with Gasteiger partial charge >= 0.3 is 18.2 Å². The molecule has 116 valence electrons. The lowest BCUT2D eigenvalue weighted by molar-refractivity contribution is -0.203. The van der Waals surface area contributed by atoms with Gasteiger partial charge in [0.15, 0.2) is 0 Å². The third-order valence-corrected chi connectivity index (χ3v) is 3.71. The highest BCUT2D eigenvalue weighted by Gasteiger charge is 2.59. The first-order valence-corrected chi connectivity index (χ1v) is 6.52. The summed E-state index contributed by atoms with van der Waals surface area (Å²) in [6.45, 7) is 2.65. The number of likely N-dealkylation sites (tertiary alicyclic amines) is 1. The lowest BCUT2D eigenvalue weighted by atomic mass is 9.99. The number of rotatable bonds is 3. The monoisotopic (exact) mass is 296 g/mol. The molecular weight excluding hydrogens is 277 g/mol. The van der Waals surface area contributed by atoms with Crippen LogP contribution in [0.25, 0.3) is 0 Å². The molecule has 0 aromatic rings. The van der Waals surface area contributed by atoms with Crippen molar-refractivity contribution in [3.8, 4) is 0 Å². The van der Waals surface area contributed by atoms with E-state index in [0.717, 1.165) is 12.8 Å². The topological polar surface area (TPSA) is 69.6 Å². The Morgan fingerprint density at radius 1 is 1.35 bits per heavy atom. The fourth-order valence-electron chi connectivity index (χ4n) is 2.22. The number of halogens is 3. The van der Waals surface area contributed by atoms with Crippen LogP contribution in [0.3, 0.4) is 0 Å². The molecule has 0 aliphatic carbocycles. The van der Waals surface area contributed by atoms with Crippen LogP contribution in [-0.2, 0) is 4.79 Å². The number of piperidine rings is 1. The van der Waals surface area contributed by atoms with E-state index in [1.807, 2.05) is 6.92 Å². The highest BCUT2D eigenvalue weighted by Crippen LogP contribution is 2.31. The minimum atomic E-state index is -5.06. The summed E-state index contributed by atoms with van der Waals surface area (Å²) in [6.07, 6.45) is -2.09. The van der Waals surface area contributed by atoms with E-state index in [2.05, 4.69) is 0 Å². The molecule has 2 unspecified atom stereocenters. The predicted octanol–water partition coefficient (Wildman–Crippen LogP) is 2.37. The number of carbonyl (C=O) groups is 2. The molecule has 1 saturated heterocycles. The second-order valence-corrected chi connectivity index (χ2v) is 5.11. The van der Waals surface area contributed by atoms with E-state index in [9.17, 15) is 22.8 Å². The number of nitrogens with one attached hydrogen (secondary N) is 1. The van der Waals surface area contributed by atoms with Crippen molar-refractivity contribution in [3.05, 3.63) is 0 Å². The highest BCUT2D eigenvalue weighted by atomic mass is 19.4. The Morgan fingerprint density at radius 3 is 2.40 bits per heavy atom. The maximum absolute atomic E-state index is 12.8. The van der Waals surface area contributed by atoms with Crippen LogP contribution in [0.15, 0.2) is 0 Å². The summed E-state index contributed by atoms with van der Waals surface area (Å²) in [6, 6.07) is -1.12. The molecule has 0 aromatic heterocycles. The Labute approximate surface area is 115 Å². The summed E-state index contributed by atoms with van der Waals surface area (Å²) >= 11 is 0. The highest BCUT2D eigenvalue weighted by molar-refractivity contribution is 5.87. The van der Waals surface area contributed by atoms with Crippen molar-refractivity contribution in [2.24, 2.45) is 0 Å². The first-order chi connectivity index (χ1) is 9.13. The van der Waals surface area contributed by atoms with Crippen molar-refractivity contribution >= 4 is 12.0 Å². The zero-order valence-corrected chi connectivity index (χ0v) is 11.5. The molecule has 0 radical (unpaired) electrons. The molecule has 0 spiro atoms. The maximum atomic E-state index is 12.8. The molecule has 1 fully saturated rings. The van der Waals surface area contributed by atoms with Crippen LogP contribution >= 0.6 is 0 Å². The van der Waals surface area contributed by atoms with E-state index in [0.29, 0.717) is 26.3 Å². The summed E-state index contributed by atoms with van der Waals surface area (Å²) in [4.78, 5) is 24.2. The Kier molecular flexibility index (Phi) is 4.88. The van der Waals surface area contributed by atoms with E-state index in [4.69, 9.17) is 5.11 Å². The van der Waals surface area contributed by atoms with Gasteiger partial charge in [-0.1, -0.05) is 6.92 Å². The van der Waals surface area contributed by atoms with Crippen LogP contribution in [-0.4, -0.2) is 46.3 Å². The van der Waals surface area contributed by atoms with E-state index < -0.39 is 23.7 Å². The Hall–Kier alpha value is -1.47. The van der Waals surface area contributed by atoms with E-state index in [1.54, 1.807) is 5.32 Å². The van der Waals surface area contributed by atoms with Gasteiger partial charge in [0, 0.05) is 12.6 Å². The van der Waals surface area contributed by atoms with Gasteiger partial charge in [0.2, 0.25) is 5.54 Å². The summed E-state index contributed by atoms with van der Waals surface area (Å²) in [7, 11) is 0. The number of hydrogen-bond donors (Lipinski definition) is 2. The molecule has 1 rings (SSSR count). The number of alkyl halides is 3. The largest absolute Gasteiger partial charge is 0.479 e. The summed E-state index contributed by atoms with van der Waals surface area (Å²) in [5.74, 6) is -2.12. The van der Waals surface area contributed by atoms with Crippen molar-refractivity contribution in [3.63, 3.8) is 0 Å². The van der Waals surface area contributed by atoms with Gasteiger partial charge < -0.3 is 15.3 Å². The molecule has 1 aliphatic rings. The zero-order valence-electron chi connectivity index (χ0n) is 11.5. The molecule has 5 nitrogen and oxygen atoms in total. The quantitative estimate of drug-likeness (QED) is 0.840. The summed E-state index contributed by atoms with van der Waals surface area (Å²) < 4.78 is 38.5. The van der Waals surface area contributed by atoms with Gasteiger partial charge in [0.1, 0.15) is 0 Å². The van der Waals surface area contributed by atoms with Crippen LogP contribution in [0.1, 0.15) is 39.5 Å². The average molecular weight is 296 g/mol. The first kappa shape index (κ1) is 16.6. The van der Waals surface area contributed by atoms with Gasteiger partial charge in [-0.3, -0.25) is 0 Å². The Balaban J connectivity index is 2.89. The number of amides is 2. The third kappa shape index (κ3) is 3.16. The molecule has 20 heavy (non-hydrogen) atoms. The van der Waals surface area contributed by atoms with Crippen LogP contribution in [0.4, 0.5) is 18.0 Å². The van der Waals surface area contributed by atoms with Crippen LogP contribution < -0.4 is 5.32 Å². The number of aliphatic carboxylic acids is 1. The Morgan fingerprint density at radius 2 is 1.95 bits per heavy atom. The van der Waals surface area contributed by atoms with E-state index in [1.165, 1.54) is 4.90 Å². The average Bonchev–Trinajstić information content (AvgIpc) is 2.36. The minimum Gasteiger partial charge on any atom is -0.479 e. The minimum absolute atomic E-state index is 0.143. The SMILES string of the molecule is CCC1CCCCN1C(=O)NC(C)(C(=O)O)C(F)(F)F. The molecule has 2 N–H and O–H groups in total. The second kappa shape index (κ2) is 5.88. The van der Waals surface area contributed by atoms with Gasteiger partial charge in [-0.25, -0.2) is 9.59 Å². The van der Waals surface area contributed by atoms with Crippen LogP contribution in [0.2, 0.25) is 0 Å². The molecule has 2 atom stereocenters. The standard InChI is InChI=1S/C12H19F3N2O3/c1-3-8-6-4-5-7-17(8)10(20)16-11(2,9(18)19)12(13,14)15/h8H,3-7H2,1-2H3,(H,16,20)(H,18,19). The number of carboxylic acids is 1. The molecule has 1 heterocycles. The molecule has 8 heteroatoms. The molecule has 1 aliphatic heterocycles. The second-order valence-electron chi connectivity index (χ2n) is 5.11. The lowest BCUT2D eigenvalue weighted by Crippen LogP contribution is -2.65. The number of nitrogens with zero attached hydrogens (tertiary/aromatic N) is 1. The van der Waals surface area contributed by atoms with Crippen LogP contribution in [0, 0.1) is 0 Å². The van der Waals surface area contributed by atoms with E-state index >= 15 is 0 Å². The molecule has 0 aromatic carbocycles. The van der Waals surface area contributed by atoms with Crippen molar-refractivity contribution in [1.82, 2.24) is 10.2 Å². The van der Waals surface area contributed by atoms with Gasteiger partial charge in [0.25, 0.3) is 0 Å². The number of hydrogen-bond acceptors (Lipinski definition) is 2.